The summed E-state index contributed by atoms with van der Waals surface area (Å²) in [6.45, 7) is 6.59. The van der Waals surface area contributed by atoms with Crippen LogP contribution < -0.4 is 10.7 Å². The van der Waals surface area contributed by atoms with Crippen LogP contribution in [0, 0.1) is 11.3 Å². The van der Waals surface area contributed by atoms with E-state index in [0.29, 0.717) is 18.8 Å². The van der Waals surface area contributed by atoms with Crippen molar-refractivity contribution in [2.45, 2.75) is 27.2 Å². The number of amides is 1. The first-order chi connectivity index (χ1) is 8.95. The lowest BCUT2D eigenvalue weighted by molar-refractivity contribution is -0.120. The van der Waals surface area contributed by atoms with Gasteiger partial charge in [-0.2, -0.15) is 10.1 Å². The fraction of sp³-hybridized carbons (Fsp3) is 0.538. The zero-order valence-electron chi connectivity index (χ0n) is 11.5. The number of hydrazone groups is 1. The Bertz CT molecular complexity index is 492. The van der Waals surface area contributed by atoms with E-state index in [-0.39, 0.29) is 17.2 Å². The quantitative estimate of drug-likeness (QED) is 0.885. The zero-order chi connectivity index (χ0) is 14.0. The molecule has 0 saturated carbocycles. The van der Waals surface area contributed by atoms with E-state index in [1.165, 1.54) is 11.2 Å². The Labute approximate surface area is 112 Å². The molecule has 0 radical (unpaired) electrons. The molecule has 0 saturated heterocycles. The highest BCUT2D eigenvalue weighted by atomic mass is 16.2. The number of hydrogen-bond donors (Lipinski definition) is 1. The molecule has 1 amide bonds. The average molecular weight is 261 g/mol. The summed E-state index contributed by atoms with van der Waals surface area (Å²) in [6, 6.07) is 0. The van der Waals surface area contributed by atoms with Gasteiger partial charge in [0, 0.05) is 17.8 Å². The molecule has 1 aliphatic heterocycles. The summed E-state index contributed by atoms with van der Waals surface area (Å²) >= 11 is 0. The molecule has 0 aliphatic carbocycles. The molecule has 0 bridgehead atoms. The van der Waals surface area contributed by atoms with Crippen LogP contribution in [0.25, 0.3) is 0 Å². The number of carbonyl (C=O) groups is 1. The highest BCUT2D eigenvalue weighted by Crippen LogP contribution is 2.32. The van der Waals surface area contributed by atoms with Gasteiger partial charge in [-0.25, -0.2) is 4.98 Å². The smallest absolute Gasteiger partial charge is 0.257 e. The summed E-state index contributed by atoms with van der Waals surface area (Å²) in [6.07, 6.45) is 5.25. The summed E-state index contributed by atoms with van der Waals surface area (Å²) in [5.74, 6) is 0.122. The van der Waals surface area contributed by atoms with Gasteiger partial charge in [-0.1, -0.05) is 20.8 Å². The van der Waals surface area contributed by atoms with E-state index in [0.717, 1.165) is 5.71 Å². The maximum Gasteiger partial charge on any atom is 0.257 e. The lowest BCUT2D eigenvalue weighted by atomic mass is 9.81. The van der Waals surface area contributed by atoms with Gasteiger partial charge in [-0.05, 0) is 13.0 Å². The van der Waals surface area contributed by atoms with Crippen LogP contribution >= 0.6 is 0 Å². The third-order valence-corrected chi connectivity index (χ3v) is 3.03. The molecule has 19 heavy (non-hydrogen) atoms. The van der Waals surface area contributed by atoms with Crippen LogP contribution in [0.2, 0.25) is 0 Å². The van der Waals surface area contributed by atoms with Crippen LogP contribution in [0.15, 0.2) is 23.7 Å². The second-order valence-electron chi connectivity index (χ2n) is 5.58. The molecule has 102 valence electrons. The van der Waals surface area contributed by atoms with Crippen LogP contribution in [0.5, 0.6) is 0 Å². The topological polar surface area (TPSA) is 84.5 Å². The van der Waals surface area contributed by atoms with Gasteiger partial charge in [-0.15, -0.1) is 0 Å². The monoisotopic (exact) mass is 261 g/mol. The highest BCUT2D eigenvalue weighted by Gasteiger charge is 2.41. The van der Waals surface area contributed by atoms with Crippen LogP contribution in [0.3, 0.4) is 0 Å². The minimum atomic E-state index is -0.257. The molecular formula is C13H19N5O. The van der Waals surface area contributed by atoms with Gasteiger partial charge < -0.3 is 5.73 Å². The molecule has 1 aliphatic rings. The third kappa shape index (κ3) is 2.63. The Morgan fingerprint density at radius 2 is 2.11 bits per heavy atom. The van der Waals surface area contributed by atoms with Crippen molar-refractivity contribution in [2.75, 3.05) is 11.6 Å². The molecule has 1 aromatic rings. The molecule has 2 rings (SSSR count). The number of carbonyl (C=O) groups excluding carboxylic acids is 1. The molecule has 0 spiro atoms. The highest BCUT2D eigenvalue weighted by molar-refractivity contribution is 6.16. The third-order valence-electron chi connectivity index (χ3n) is 3.03. The molecule has 1 unspecified atom stereocenters. The van der Waals surface area contributed by atoms with Crippen LogP contribution in [-0.2, 0) is 4.79 Å². The second-order valence-corrected chi connectivity index (χ2v) is 5.58. The van der Waals surface area contributed by atoms with Gasteiger partial charge in [0.15, 0.2) is 5.82 Å². The first-order valence-electron chi connectivity index (χ1n) is 6.34. The molecule has 0 fully saturated rings. The SMILES string of the molecule is CC(C)(C)C1=NN(c2cnccn2)C(=O)C1CCN. The molecule has 0 aromatic carbocycles. The van der Waals surface area contributed by atoms with Gasteiger partial charge in [0.05, 0.1) is 17.8 Å². The molecule has 2 heterocycles. The van der Waals surface area contributed by atoms with Crippen molar-refractivity contribution in [1.82, 2.24) is 9.97 Å². The molecule has 2 N–H and O–H groups in total. The summed E-state index contributed by atoms with van der Waals surface area (Å²) in [5.41, 5.74) is 6.29. The maximum absolute atomic E-state index is 12.4. The molecule has 1 aromatic heterocycles. The van der Waals surface area contributed by atoms with Gasteiger partial charge in [-0.3, -0.25) is 9.78 Å². The van der Waals surface area contributed by atoms with Gasteiger partial charge >= 0.3 is 0 Å². The molecule has 6 heteroatoms. The number of anilines is 1. The Morgan fingerprint density at radius 3 is 2.63 bits per heavy atom. The van der Waals surface area contributed by atoms with E-state index in [1.54, 1.807) is 12.4 Å². The van der Waals surface area contributed by atoms with E-state index in [1.807, 2.05) is 20.8 Å². The molecule has 1 atom stereocenters. The predicted molar refractivity (Wildman–Crippen MR) is 73.6 cm³/mol. The minimum absolute atomic E-state index is 0.0733. The van der Waals surface area contributed by atoms with E-state index < -0.39 is 0 Å². The van der Waals surface area contributed by atoms with Crippen molar-refractivity contribution < 1.29 is 4.79 Å². The van der Waals surface area contributed by atoms with Crippen molar-refractivity contribution in [3.63, 3.8) is 0 Å². The summed E-state index contributed by atoms with van der Waals surface area (Å²) in [4.78, 5) is 20.5. The van der Waals surface area contributed by atoms with E-state index >= 15 is 0 Å². The maximum atomic E-state index is 12.4. The predicted octanol–water partition coefficient (Wildman–Crippen LogP) is 1.19. The summed E-state index contributed by atoms with van der Waals surface area (Å²) in [5, 5.41) is 5.79. The van der Waals surface area contributed by atoms with Gasteiger partial charge in [0.25, 0.3) is 5.91 Å². The van der Waals surface area contributed by atoms with Crippen LogP contribution in [-0.4, -0.2) is 28.1 Å². The zero-order valence-corrected chi connectivity index (χ0v) is 11.5. The average Bonchev–Trinajstić information content (AvgIpc) is 2.69. The van der Waals surface area contributed by atoms with E-state index in [9.17, 15) is 4.79 Å². The first-order valence-corrected chi connectivity index (χ1v) is 6.34. The lowest BCUT2D eigenvalue weighted by Gasteiger charge is -2.21. The van der Waals surface area contributed by atoms with Crippen molar-refractivity contribution in [1.29, 1.82) is 0 Å². The van der Waals surface area contributed by atoms with Crippen molar-refractivity contribution in [3.8, 4) is 0 Å². The van der Waals surface area contributed by atoms with E-state index in [2.05, 4.69) is 15.1 Å². The minimum Gasteiger partial charge on any atom is -0.330 e. The van der Waals surface area contributed by atoms with Crippen LogP contribution in [0.4, 0.5) is 5.82 Å². The lowest BCUT2D eigenvalue weighted by Crippen LogP contribution is -2.33. The van der Waals surface area contributed by atoms with Crippen molar-refractivity contribution >= 4 is 17.4 Å². The van der Waals surface area contributed by atoms with E-state index in [4.69, 9.17) is 5.73 Å². The van der Waals surface area contributed by atoms with Crippen molar-refractivity contribution in [2.24, 2.45) is 22.2 Å². The van der Waals surface area contributed by atoms with Crippen LogP contribution in [0.1, 0.15) is 27.2 Å². The number of nitrogens with zero attached hydrogens (tertiary/aromatic N) is 4. The Balaban J connectivity index is 2.38. The summed E-state index contributed by atoms with van der Waals surface area (Å²) < 4.78 is 0. The number of aromatic nitrogens is 2. The number of hydrogen-bond acceptors (Lipinski definition) is 5. The number of rotatable bonds is 3. The summed E-state index contributed by atoms with van der Waals surface area (Å²) in [7, 11) is 0. The molecular weight excluding hydrogens is 242 g/mol. The Hall–Kier alpha value is -1.82. The first kappa shape index (κ1) is 13.6. The van der Waals surface area contributed by atoms with Gasteiger partial charge in [0.1, 0.15) is 0 Å². The fourth-order valence-corrected chi connectivity index (χ4v) is 2.16. The second kappa shape index (κ2) is 5.05. The van der Waals surface area contributed by atoms with Gasteiger partial charge in [0.2, 0.25) is 0 Å². The Morgan fingerprint density at radius 1 is 1.37 bits per heavy atom. The fourth-order valence-electron chi connectivity index (χ4n) is 2.16. The normalized spacial score (nSPS) is 19.8. The van der Waals surface area contributed by atoms with Crippen molar-refractivity contribution in [3.05, 3.63) is 18.6 Å². The standard InChI is InChI=1S/C13H19N5O/c1-13(2,3)11-9(4-5-14)12(19)18(17-11)10-8-15-6-7-16-10/h6-9H,4-5,14H2,1-3H3. The largest absolute Gasteiger partial charge is 0.330 e. The number of nitrogens with two attached hydrogens (primary N) is 1. The molecule has 6 nitrogen and oxygen atoms in total. The Kier molecular flexibility index (Phi) is 3.61.